The summed E-state index contributed by atoms with van der Waals surface area (Å²) in [6.07, 6.45) is 7.58. The second-order valence-electron chi connectivity index (χ2n) is 6.93. The molecule has 1 spiro atoms. The van der Waals surface area contributed by atoms with Gasteiger partial charge in [0.05, 0.1) is 12.9 Å². The topological polar surface area (TPSA) is 50.0 Å². The first-order valence-electron chi connectivity index (χ1n) is 8.49. The predicted octanol–water partition coefficient (Wildman–Crippen LogP) is 2.04. The van der Waals surface area contributed by atoms with E-state index in [1.807, 2.05) is 12.1 Å². The van der Waals surface area contributed by atoms with E-state index in [2.05, 4.69) is 10.2 Å². The second kappa shape index (κ2) is 5.95. The smallest absolute Gasteiger partial charge is 0.194 e. The summed E-state index contributed by atoms with van der Waals surface area (Å²) in [6, 6.07) is 4.59. The molecular formula is C17H25N3O2. The van der Waals surface area contributed by atoms with Crippen molar-refractivity contribution in [3.8, 4) is 0 Å². The molecule has 120 valence electrons. The highest BCUT2D eigenvalue weighted by molar-refractivity contribution is 5.81. The highest BCUT2D eigenvalue weighted by Gasteiger charge is 2.42. The quantitative estimate of drug-likeness (QED) is 0.683. The van der Waals surface area contributed by atoms with Crippen LogP contribution in [0.25, 0.3) is 0 Å². The fourth-order valence-electron chi connectivity index (χ4n) is 3.46. The van der Waals surface area contributed by atoms with E-state index in [9.17, 15) is 0 Å². The van der Waals surface area contributed by atoms with Gasteiger partial charge >= 0.3 is 0 Å². The number of hydrogen-bond donors (Lipinski definition) is 1. The van der Waals surface area contributed by atoms with E-state index in [0.717, 1.165) is 51.0 Å². The molecule has 1 aromatic rings. The summed E-state index contributed by atoms with van der Waals surface area (Å²) in [5.41, 5.74) is 0.382. The number of hydrogen-bond acceptors (Lipinski definition) is 3. The third kappa shape index (κ3) is 3.14. The molecule has 1 aromatic heterocycles. The standard InChI is InChI=1S/C17H25N3O2/c1-2-15(22-10-1)5-8-18-16(19-14-3-4-14)20-9-6-17(12-20)7-11-21-13-17/h1-2,10,14H,3-9,11-13H2,(H,18,19). The van der Waals surface area contributed by atoms with Crippen LogP contribution in [0.5, 0.6) is 0 Å². The van der Waals surface area contributed by atoms with E-state index in [4.69, 9.17) is 14.1 Å². The zero-order valence-corrected chi connectivity index (χ0v) is 13.1. The van der Waals surface area contributed by atoms with Crippen molar-refractivity contribution in [2.45, 2.75) is 38.1 Å². The summed E-state index contributed by atoms with van der Waals surface area (Å²) in [5, 5.41) is 3.62. The molecule has 0 bridgehead atoms. The van der Waals surface area contributed by atoms with E-state index < -0.39 is 0 Å². The van der Waals surface area contributed by atoms with Gasteiger partial charge in [0.15, 0.2) is 5.96 Å². The van der Waals surface area contributed by atoms with Crippen molar-refractivity contribution in [2.24, 2.45) is 10.4 Å². The number of guanidine groups is 1. The maximum atomic E-state index is 5.63. The van der Waals surface area contributed by atoms with Crippen LogP contribution in [0.1, 0.15) is 31.4 Å². The van der Waals surface area contributed by atoms with E-state index >= 15 is 0 Å². The summed E-state index contributed by atoms with van der Waals surface area (Å²) in [4.78, 5) is 7.29. The Labute approximate surface area is 131 Å². The largest absolute Gasteiger partial charge is 0.469 e. The molecule has 1 saturated carbocycles. The van der Waals surface area contributed by atoms with E-state index in [1.54, 1.807) is 6.26 Å². The van der Waals surface area contributed by atoms with Gasteiger partial charge < -0.3 is 19.4 Å². The van der Waals surface area contributed by atoms with Crippen LogP contribution >= 0.6 is 0 Å². The first kappa shape index (κ1) is 14.1. The fourth-order valence-corrected chi connectivity index (χ4v) is 3.46. The van der Waals surface area contributed by atoms with Crippen molar-refractivity contribution in [1.82, 2.24) is 10.2 Å². The van der Waals surface area contributed by atoms with Gasteiger partial charge in [0.25, 0.3) is 0 Å². The van der Waals surface area contributed by atoms with Gasteiger partial charge in [-0.1, -0.05) is 0 Å². The van der Waals surface area contributed by atoms with Crippen molar-refractivity contribution < 1.29 is 9.15 Å². The summed E-state index contributed by atoms with van der Waals surface area (Å²) >= 11 is 0. The first-order valence-corrected chi connectivity index (χ1v) is 8.49. The van der Waals surface area contributed by atoms with Crippen molar-refractivity contribution in [3.05, 3.63) is 24.2 Å². The molecule has 1 aliphatic carbocycles. The lowest BCUT2D eigenvalue weighted by atomic mass is 9.87. The first-order chi connectivity index (χ1) is 10.8. The Morgan fingerprint density at radius 2 is 2.36 bits per heavy atom. The van der Waals surface area contributed by atoms with Gasteiger partial charge in [0.2, 0.25) is 0 Å². The lowest BCUT2D eigenvalue weighted by molar-refractivity contribution is 0.156. The monoisotopic (exact) mass is 303 g/mol. The molecule has 1 unspecified atom stereocenters. The van der Waals surface area contributed by atoms with Gasteiger partial charge in [-0.25, -0.2) is 0 Å². The molecule has 2 aliphatic heterocycles. The van der Waals surface area contributed by atoms with Crippen LogP contribution in [0.4, 0.5) is 0 Å². The van der Waals surface area contributed by atoms with E-state index in [-0.39, 0.29) is 0 Å². The van der Waals surface area contributed by atoms with Crippen LogP contribution in [-0.4, -0.2) is 49.7 Å². The predicted molar refractivity (Wildman–Crippen MR) is 84.9 cm³/mol. The van der Waals surface area contributed by atoms with Gasteiger partial charge in [-0.3, -0.25) is 4.99 Å². The Morgan fingerprint density at radius 3 is 3.09 bits per heavy atom. The SMILES string of the molecule is c1coc(CCN=C(NC2CC2)N2CCC3(CCOC3)C2)c1. The highest BCUT2D eigenvalue weighted by Crippen LogP contribution is 2.38. The minimum atomic E-state index is 0.382. The van der Waals surface area contributed by atoms with Gasteiger partial charge in [-0.05, 0) is 37.8 Å². The molecule has 0 amide bonds. The Balaban J connectivity index is 1.39. The molecule has 0 radical (unpaired) electrons. The average molecular weight is 303 g/mol. The van der Waals surface area contributed by atoms with Crippen LogP contribution in [-0.2, 0) is 11.2 Å². The number of nitrogens with zero attached hydrogens (tertiary/aromatic N) is 2. The molecule has 5 nitrogen and oxygen atoms in total. The van der Waals surface area contributed by atoms with E-state index in [0.29, 0.717) is 11.5 Å². The van der Waals surface area contributed by atoms with Crippen molar-refractivity contribution in [3.63, 3.8) is 0 Å². The van der Waals surface area contributed by atoms with Gasteiger partial charge in [0, 0.05) is 44.1 Å². The normalized spacial score (nSPS) is 28.7. The van der Waals surface area contributed by atoms with Gasteiger partial charge in [-0.2, -0.15) is 0 Å². The Bertz CT molecular complexity index is 516. The van der Waals surface area contributed by atoms with Crippen molar-refractivity contribution in [2.75, 3.05) is 32.8 Å². The fraction of sp³-hybridized carbons (Fsp3) is 0.706. The Kier molecular flexibility index (Phi) is 3.82. The molecule has 3 fully saturated rings. The zero-order valence-electron chi connectivity index (χ0n) is 13.1. The van der Waals surface area contributed by atoms with Crippen molar-refractivity contribution >= 4 is 5.96 Å². The van der Waals surface area contributed by atoms with E-state index in [1.165, 1.54) is 25.7 Å². The van der Waals surface area contributed by atoms with Crippen LogP contribution in [0.15, 0.2) is 27.8 Å². The molecule has 1 N–H and O–H groups in total. The zero-order chi connectivity index (χ0) is 14.8. The number of ether oxygens (including phenoxy) is 1. The van der Waals surface area contributed by atoms with Crippen LogP contribution in [0, 0.1) is 5.41 Å². The summed E-state index contributed by atoms with van der Waals surface area (Å²) in [6.45, 7) is 4.82. The molecule has 1 atom stereocenters. The average Bonchev–Trinajstić information content (AvgIpc) is 2.99. The molecule has 3 heterocycles. The number of furan rings is 1. The maximum Gasteiger partial charge on any atom is 0.194 e. The third-order valence-corrected chi connectivity index (χ3v) is 5.03. The summed E-state index contributed by atoms with van der Waals surface area (Å²) < 4.78 is 11.0. The minimum Gasteiger partial charge on any atom is -0.469 e. The van der Waals surface area contributed by atoms with Crippen LogP contribution < -0.4 is 5.32 Å². The molecule has 22 heavy (non-hydrogen) atoms. The number of nitrogens with one attached hydrogen (secondary N) is 1. The number of likely N-dealkylation sites (tertiary alicyclic amines) is 1. The Hall–Kier alpha value is -1.49. The molecule has 5 heteroatoms. The molecule has 4 rings (SSSR count). The third-order valence-electron chi connectivity index (χ3n) is 5.03. The summed E-state index contributed by atoms with van der Waals surface area (Å²) in [7, 11) is 0. The molecule has 0 aromatic carbocycles. The van der Waals surface area contributed by atoms with Crippen LogP contribution in [0.2, 0.25) is 0 Å². The highest BCUT2D eigenvalue weighted by atomic mass is 16.5. The summed E-state index contributed by atoms with van der Waals surface area (Å²) in [5.74, 6) is 2.11. The van der Waals surface area contributed by atoms with Gasteiger partial charge in [-0.15, -0.1) is 0 Å². The molecular weight excluding hydrogens is 278 g/mol. The number of rotatable bonds is 4. The van der Waals surface area contributed by atoms with Gasteiger partial charge in [0.1, 0.15) is 5.76 Å². The number of aliphatic imine (C=N–C) groups is 1. The second-order valence-corrected chi connectivity index (χ2v) is 6.93. The lowest BCUT2D eigenvalue weighted by Crippen LogP contribution is -2.42. The lowest BCUT2D eigenvalue weighted by Gasteiger charge is -2.25. The molecule has 2 saturated heterocycles. The van der Waals surface area contributed by atoms with Crippen molar-refractivity contribution in [1.29, 1.82) is 0 Å². The Morgan fingerprint density at radius 1 is 1.41 bits per heavy atom. The minimum absolute atomic E-state index is 0.382. The maximum absolute atomic E-state index is 5.63. The van der Waals surface area contributed by atoms with Crippen LogP contribution in [0.3, 0.4) is 0 Å². The molecule has 3 aliphatic rings.